The highest BCUT2D eigenvalue weighted by molar-refractivity contribution is 5.78. The molecule has 1 heterocycles. The highest BCUT2D eigenvalue weighted by Gasteiger charge is 2.05. The number of nitrogens with zero attached hydrogens (tertiary/aromatic N) is 2. The van der Waals surface area contributed by atoms with E-state index < -0.39 is 0 Å². The number of para-hydroxylation sites is 1. The van der Waals surface area contributed by atoms with Crippen LogP contribution in [0.15, 0.2) is 54.9 Å². The minimum atomic E-state index is -0.148. The molecule has 2 aromatic carbocycles. The molecule has 1 N–H and O–H groups in total. The van der Waals surface area contributed by atoms with E-state index in [0.29, 0.717) is 12.3 Å². The monoisotopic (exact) mass is 295 g/mol. The van der Waals surface area contributed by atoms with Gasteiger partial charge in [0.1, 0.15) is 5.75 Å². The van der Waals surface area contributed by atoms with E-state index >= 15 is 0 Å². The molecule has 0 aliphatic heterocycles. The average Bonchev–Trinajstić information content (AvgIpc) is 2.93. The second-order valence-electron chi connectivity index (χ2n) is 5.06. The molecule has 0 unspecified atom stereocenters. The molecule has 0 aliphatic rings. The molecule has 0 radical (unpaired) electrons. The predicted octanol–water partition coefficient (Wildman–Crippen LogP) is 2.27. The molecule has 0 bridgehead atoms. The van der Waals surface area contributed by atoms with E-state index in [1.165, 1.54) is 0 Å². The average molecular weight is 295 g/mol. The Labute approximate surface area is 128 Å². The first kappa shape index (κ1) is 14.1. The quantitative estimate of drug-likeness (QED) is 0.785. The Bertz CT molecular complexity index is 781. The number of amides is 1. The molecule has 112 valence electrons. The smallest absolute Gasteiger partial charge is 0.258 e. The van der Waals surface area contributed by atoms with E-state index in [4.69, 9.17) is 4.74 Å². The molecule has 0 fully saturated rings. The van der Waals surface area contributed by atoms with Crippen LogP contribution in [0.3, 0.4) is 0 Å². The fourth-order valence-electron chi connectivity index (χ4n) is 2.21. The normalized spacial score (nSPS) is 10.6. The molecular formula is C17H17N3O2. The van der Waals surface area contributed by atoms with Crippen molar-refractivity contribution in [1.29, 1.82) is 0 Å². The van der Waals surface area contributed by atoms with Crippen molar-refractivity contribution in [1.82, 2.24) is 14.9 Å². The lowest BCUT2D eigenvalue weighted by molar-refractivity contribution is -0.123. The number of aryl methyl sites for hydroxylation is 1. The number of aromatic nitrogens is 2. The number of carbonyl (C=O) groups is 1. The van der Waals surface area contributed by atoms with Crippen molar-refractivity contribution in [2.24, 2.45) is 7.05 Å². The van der Waals surface area contributed by atoms with E-state index in [-0.39, 0.29) is 12.5 Å². The van der Waals surface area contributed by atoms with Crippen LogP contribution >= 0.6 is 0 Å². The van der Waals surface area contributed by atoms with Gasteiger partial charge in [-0.1, -0.05) is 24.3 Å². The van der Waals surface area contributed by atoms with E-state index in [0.717, 1.165) is 16.6 Å². The second-order valence-corrected chi connectivity index (χ2v) is 5.06. The maximum Gasteiger partial charge on any atom is 0.258 e. The molecule has 5 nitrogen and oxygen atoms in total. The lowest BCUT2D eigenvalue weighted by Crippen LogP contribution is -2.28. The van der Waals surface area contributed by atoms with Gasteiger partial charge in [-0.15, -0.1) is 0 Å². The van der Waals surface area contributed by atoms with Crippen LogP contribution in [0.1, 0.15) is 5.56 Å². The van der Waals surface area contributed by atoms with Gasteiger partial charge in [0.15, 0.2) is 6.61 Å². The molecule has 1 aromatic heterocycles. The summed E-state index contributed by atoms with van der Waals surface area (Å²) in [5.74, 6) is 0.539. The maximum absolute atomic E-state index is 11.8. The summed E-state index contributed by atoms with van der Waals surface area (Å²) < 4.78 is 7.37. The van der Waals surface area contributed by atoms with E-state index in [1.807, 2.05) is 60.1 Å². The van der Waals surface area contributed by atoms with E-state index in [2.05, 4.69) is 10.3 Å². The summed E-state index contributed by atoms with van der Waals surface area (Å²) in [5.41, 5.74) is 3.01. The fraction of sp³-hybridized carbons (Fsp3) is 0.176. The first-order valence-electron chi connectivity index (χ1n) is 7.07. The van der Waals surface area contributed by atoms with Crippen LogP contribution in [0.5, 0.6) is 5.75 Å². The van der Waals surface area contributed by atoms with Gasteiger partial charge in [-0.3, -0.25) is 4.79 Å². The van der Waals surface area contributed by atoms with Crippen LogP contribution in [0.25, 0.3) is 11.0 Å². The highest BCUT2D eigenvalue weighted by atomic mass is 16.5. The van der Waals surface area contributed by atoms with Crippen LogP contribution in [0.4, 0.5) is 0 Å². The SMILES string of the molecule is Cn1cnc2cc(CNC(=O)COc3ccccc3)ccc21. The number of nitrogens with one attached hydrogen (secondary N) is 1. The third-order valence-corrected chi connectivity index (χ3v) is 3.39. The van der Waals surface area contributed by atoms with Crippen molar-refractivity contribution in [2.75, 3.05) is 6.61 Å². The zero-order valence-electron chi connectivity index (χ0n) is 12.3. The van der Waals surface area contributed by atoms with Gasteiger partial charge in [-0.2, -0.15) is 0 Å². The van der Waals surface area contributed by atoms with Crippen molar-refractivity contribution in [3.05, 3.63) is 60.4 Å². The standard InChI is InChI=1S/C17H17N3O2/c1-20-12-19-15-9-13(7-8-16(15)20)10-18-17(21)11-22-14-5-3-2-4-6-14/h2-9,12H,10-11H2,1H3,(H,18,21). The van der Waals surface area contributed by atoms with Gasteiger partial charge in [0.05, 0.1) is 17.4 Å². The molecule has 0 atom stereocenters. The van der Waals surface area contributed by atoms with Crippen LogP contribution in [-0.4, -0.2) is 22.1 Å². The zero-order chi connectivity index (χ0) is 15.4. The van der Waals surface area contributed by atoms with E-state index in [9.17, 15) is 4.79 Å². The minimum Gasteiger partial charge on any atom is -0.484 e. The molecule has 3 aromatic rings. The van der Waals surface area contributed by atoms with Gasteiger partial charge in [-0.25, -0.2) is 4.98 Å². The molecule has 1 amide bonds. The summed E-state index contributed by atoms with van der Waals surface area (Å²) in [4.78, 5) is 16.1. The largest absolute Gasteiger partial charge is 0.484 e. The summed E-state index contributed by atoms with van der Waals surface area (Å²) in [7, 11) is 1.96. The van der Waals surface area contributed by atoms with Crippen LogP contribution in [0.2, 0.25) is 0 Å². The number of hydrogen-bond acceptors (Lipinski definition) is 3. The van der Waals surface area contributed by atoms with Crippen LogP contribution < -0.4 is 10.1 Å². The molecule has 0 saturated carbocycles. The first-order chi connectivity index (χ1) is 10.7. The number of fused-ring (bicyclic) bond motifs is 1. The van der Waals surface area contributed by atoms with Gasteiger partial charge in [0, 0.05) is 13.6 Å². The van der Waals surface area contributed by atoms with Crippen molar-refractivity contribution in [2.45, 2.75) is 6.54 Å². The molecule has 0 spiro atoms. The molecular weight excluding hydrogens is 278 g/mol. The number of rotatable bonds is 5. The van der Waals surface area contributed by atoms with Gasteiger partial charge < -0.3 is 14.6 Å². The lowest BCUT2D eigenvalue weighted by atomic mass is 10.2. The lowest BCUT2D eigenvalue weighted by Gasteiger charge is -2.07. The molecule has 0 aliphatic carbocycles. The number of benzene rings is 2. The van der Waals surface area contributed by atoms with Crippen molar-refractivity contribution >= 4 is 16.9 Å². The van der Waals surface area contributed by atoms with Crippen molar-refractivity contribution in [3.63, 3.8) is 0 Å². The minimum absolute atomic E-state index is 0.00977. The molecule has 22 heavy (non-hydrogen) atoms. The topological polar surface area (TPSA) is 56.2 Å². The van der Waals surface area contributed by atoms with Gasteiger partial charge >= 0.3 is 0 Å². The fourth-order valence-corrected chi connectivity index (χ4v) is 2.21. The summed E-state index contributed by atoms with van der Waals surface area (Å²) >= 11 is 0. The van der Waals surface area contributed by atoms with E-state index in [1.54, 1.807) is 6.33 Å². The molecule has 0 saturated heterocycles. The predicted molar refractivity (Wildman–Crippen MR) is 84.5 cm³/mol. The third kappa shape index (κ3) is 3.25. The summed E-state index contributed by atoms with van der Waals surface area (Å²) in [6.07, 6.45) is 1.78. The maximum atomic E-state index is 11.8. The molecule has 5 heteroatoms. The van der Waals surface area contributed by atoms with Gasteiger partial charge in [0.25, 0.3) is 5.91 Å². The Kier molecular flexibility index (Phi) is 4.05. The highest BCUT2D eigenvalue weighted by Crippen LogP contribution is 2.13. The van der Waals surface area contributed by atoms with Crippen molar-refractivity contribution < 1.29 is 9.53 Å². The Hall–Kier alpha value is -2.82. The number of carbonyl (C=O) groups excluding carboxylic acids is 1. The third-order valence-electron chi connectivity index (χ3n) is 3.39. The summed E-state index contributed by atoms with van der Waals surface area (Å²) in [6.45, 7) is 0.472. The Balaban J connectivity index is 1.53. The Morgan fingerprint density at radius 3 is 2.86 bits per heavy atom. The number of ether oxygens (including phenoxy) is 1. The van der Waals surface area contributed by atoms with Gasteiger partial charge in [-0.05, 0) is 29.8 Å². The first-order valence-corrected chi connectivity index (χ1v) is 7.07. The number of hydrogen-bond donors (Lipinski definition) is 1. The van der Waals surface area contributed by atoms with Crippen LogP contribution in [0, 0.1) is 0 Å². The second kappa shape index (κ2) is 6.30. The molecule has 3 rings (SSSR count). The van der Waals surface area contributed by atoms with Crippen molar-refractivity contribution in [3.8, 4) is 5.75 Å². The van der Waals surface area contributed by atoms with Gasteiger partial charge in [0.2, 0.25) is 0 Å². The Morgan fingerprint density at radius 1 is 1.23 bits per heavy atom. The summed E-state index contributed by atoms with van der Waals surface area (Å²) in [5, 5.41) is 2.84. The Morgan fingerprint density at radius 2 is 2.05 bits per heavy atom. The zero-order valence-corrected chi connectivity index (χ0v) is 12.3. The van der Waals surface area contributed by atoms with Crippen LogP contribution in [-0.2, 0) is 18.4 Å². The summed E-state index contributed by atoms with van der Waals surface area (Å²) in [6, 6.07) is 15.3. The number of imidazole rings is 1.